The molecular formula is C14H12FNO2. The summed E-state index contributed by atoms with van der Waals surface area (Å²) in [5.41, 5.74) is 1.39. The average molecular weight is 245 g/mol. The lowest BCUT2D eigenvalue weighted by atomic mass is 9.94. The van der Waals surface area contributed by atoms with Gasteiger partial charge in [0.05, 0.1) is 5.69 Å². The van der Waals surface area contributed by atoms with E-state index in [1.807, 2.05) is 0 Å². The summed E-state index contributed by atoms with van der Waals surface area (Å²) in [5, 5.41) is 9.31. The SMILES string of the molecule is Cc1cc(C(C(=O)O)c2ccccn2)ccc1F. The molecule has 1 N–H and O–H groups in total. The van der Waals surface area contributed by atoms with Crippen molar-refractivity contribution in [2.24, 2.45) is 0 Å². The molecule has 0 spiro atoms. The van der Waals surface area contributed by atoms with Crippen LogP contribution in [0.5, 0.6) is 0 Å². The molecule has 4 heteroatoms. The third-order valence-corrected chi connectivity index (χ3v) is 2.75. The molecule has 0 aliphatic rings. The molecule has 0 aliphatic carbocycles. The number of nitrogens with zero attached hydrogens (tertiary/aromatic N) is 1. The normalized spacial score (nSPS) is 12.1. The quantitative estimate of drug-likeness (QED) is 0.904. The molecule has 0 amide bonds. The van der Waals surface area contributed by atoms with Crippen LogP contribution in [-0.2, 0) is 4.79 Å². The van der Waals surface area contributed by atoms with Crippen molar-refractivity contribution in [2.45, 2.75) is 12.8 Å². The Morgan fingerprint density at radius 2 is 2.11 bits per heavy atom. The highest BCUT2D eigenvalue weighted by atomic mass is 19.1. The highest BCUT2D eigenvalue weighted by Gasteiger charge is 2.23. The second-order valence-corrected chi connectivity index (χ2v) is 4.03. The van der Waals surface area contributed by atoms with Gasteiger partial charge >= 0.3 is 5.97 Å². The Bertz CT molecular complexity index is 569. The molecule has 0 aliphatic heterocycles. The van der Waals surface area contributed by atoms with Crippen molar-refractivity contribution in [2.75, 3.05) is 0 Å². The van der Waals surface area contributed by atoms with E-state index in [0.717, 1.165) is 0 Å². The minimum atomic E-state index is -1.00. The van der Waals surface area contributed by atoms with E-state index in [9.17, 15) is 14.3 Å². The molecule has 18 heavy (non-hydrogen) atoms. The van der Waals surface area contributed by atoms with E-state index in [2.05, 4.69) is 4.98 Å². The number of aryl methyl sites for hydroxylation is 1. The highest BCUT2D eigenvalue weighted by Crippen LogP contribution is 2.24. The maximum atomic E-state index is 13.2. The number of hydrogen-bond acceptors (Lipinski definition) is 2. The van der Waals surface area contributed by atoms with Crippen LogP contribution in [-0.4, -0.2) is 16.1 Å². The lowest BCUT2D eigenvalue weighted by molar-refractivity contribution is -0.137. The molecule has 0 bridgehead atoms. The maximum absolute atomic E-state index is 13.2. The van der Waals surface area contributed by atoms with Crippen molar-refractivity contribution >= 4 is 5.97 Å². The van der Waals surface area contributed by atoms with Crippen LogP contribution in [0.4, 0.5) is 4.39 Å². The Morgan fingerprint density at radius 3 is 2.67 bits per heavy atom. The first-order chi connectivity index (χ1) is 8.59. The van der Waals surface area contributed by atoms with Crippen LogP contribution >= 0.6 is 0 Å². The van der Waals surface area contributed by atoms with E-state index in [1.54, 1.807) is 37.4 Å². The molecule has 0 fully saturated rings. The second-order valence-electron chi connectivity index (χ2n) is 4.03. The van der Waals surface area contributed by atoms with Crippen LogP contribution < -0.4 is 0 Å². The predicted octanol–water partition coefficient (Wildman–Crippen LogP) is 2.75. The van der Waals surface area contributed by atoms with Gasteiger partial charge in [0.25, 0.3) is 0 Å². The van der Waals surface area contributed by atoms with E-state index in [4.69, 9.17) is 0 Å². The lowest BCUT2D eigenvalue weighted by Crippen LogP contribution is -2.14. The van der Waals surface area contributed by atoms with E-state index >= 15 is 0 Å². The first-order valence-corrected chi connectivity index (χ1v) is 5.49. The molecule has 0 radical (unpaired) electrons. The first-order valence-electron chi connectivity index (χ1n) is 5.49. The zero-order valence-corrected chi connectivity index (χ0v) is 9.80. The molecule has 3 nitrogen and oxygen atoms in total. The van der Waals surface area contributed by atoms with Crippen LogP contribution in [0.2, 0.25) is 0 Å². The fraction of sp³-hybridized carbons (Fsp3) is 0.143. The number of carboxylic acid groups (broad SMARTS) is 1. The first kappa shape index (κ1) is 12.2. The molecule has 2 aromatic rings. The smallest absolute Gasteiger partial charge is 0.317 e. The number of halogens is 1. The van der Waals surface area contributed by atoms with E-state index < -0.39 is 11.9 Å². The summed E-state index contributed by atoms with van der Waals surface area (Å²) in [4.78, 5) is 15.4. The van der Waals surface area contributed by atoms with Gasteiger partial charge in [0, 0.05) is 6.20 Å². The van der Waals surface area contributed by atoms with Crippen LogP contribution in [0.15, 0.2) is 42.6 Å². The minimum absolute atomic E-state index is 0.344. The van der Waals surface area contributed by atoms with Crippen LogP contribution in [0.25, 0.3) is 0 Å². The lowest BCUT2D eigenvalue weighted by Gasteiger charge is -2.13. The summed E-state index contributed by atoms with van der Waals surface area (Å²) in [6, 6.07) is 9.41. The van der Waals surface area contributed by atoms with Gasteiger partial charge in [0.1, 0.15) is 11.7 Å². The van der Waals surface area contributed by atoms with Crippen LogP contribution in [0, 0.1) is 12.7 Å². The van der Waals surface area contributed by atoms with Gasteiger partial charge in [0.2, 0.25) is 0 Å². The molecule has 0 saturated heterocycles. The zero-order valence-electron chi connectivity index (χ0n) is 9.80. The molecule has 1 atom stereocenters. The van der Waals surface area contributed by atoms with Gasteiger partial charge in [-0.15, -0.1) is 0 Å². The van der Waals surface area contributed by atoms with E-state index in [1.165, 1.54) is 12.1 Å². The third-order valence-electron chi connectivity index (χ3n) is 2.75. The largest absolute Gasteiger partial charge is 0.480 e. The van der Waals surface area contributed by atoms with Gasteiger partial charge in [-0.2, -0.15) is 0 Å². The zero-order chi connectivity index (χ0) is 13.1. The third kappa shape index (κ3) is 2.37. The Labute approximate surface area is 104 Å². The van der Waals surface area contributed by atoms with E-state index in [-0.39, 0.29) is 5.82 Å². The summed E-state index contributed by atoms with van der Waals surface area (Å²) in [5.74, 6) is -2.21. The predicted molar refractivity (Wildman–Crippen MR) is 64.9 cm³/mol. The second kappa shape index (κ2) is 4.96. The number of carboxylic acids is 1. The maximum Gasteiger partial charge on any atom is 0.317 e. The van der Waals surface area contributed by atoms with Crippen LogP contribution in [0.3, 0.4) is 0 Å². The molecule has 1 aromatic heterocycles. The molecule has 0 saturated carbocycles. The summed E-state index contributed by atoms with van der Waals surface area (Å²) in [7, 11) is 0. The minimum Gasteiger partial charge on any atom is -0.480 e. The van der Waals surface area contributed by atoms with Crippen LogP contribution in [0.1, 0.15) is 22.7 Å². The van der Waals surface area contributed by atoms with Gasteiger partial charge in [-0.25, -0.2) is 4.39 Å². The van der Waals surface area contributed by atoms with Gasteiger partial charge < -0.3 is 5.11 Å². The molecule has 1 unspecified atom stereocenters. The Morgan fingerprint density at radius 1 is 1.33 bits per heavy atom. The standard InChI is InChI=1S/C14H12FNO2/c1-9-8-10(5-6-11(9)15)13(14(17)18)12-4-2-3-7-16-12/h2-8,13H,1H3,(H,17,18). The highest BCUT2D eigenvalue weighted by molar-refractivity contribution is 5.79. The molecular weight excluding hydrogens is 233 g/mol. The van der Waals surface area contributed by atoms with Crippen molar-refractivity contribution in [3.8, 4) is 0 Å². The van der Waals surface area contributed by atoms with Gasteiger partial charge in [-0.1, -0.05) is 18.2 Å². The molecule has 92 valence electrons. The van der Waals surface area contributed by atoms with Gasteiger partial charge in [0.15, 0.2) is 0 Å². The van der Waals surface area contributed by atoms with Crippen molar-refractivity contribution in [1.29, 1.82) is 0 Å². The van der Waals surface area contributed by atoms with Crippen molar-refractivity contribution in [3.63, 3.8) is 0 Å². The average Bonchev–Trinajstić information content (AvgIpc) is 2.35. The number of hydrogen-bond donors (Lipinski definition) is 1. The van der Waals surface area contributed by atoms with Crippen molar-refractivity contribution in [1.82, 2.24) is 4.98 Å². The number of benzene rings is 1. The molecule has 2 rings (SSSR count). The van der Waals surface area contributed by atoms with Crippen molar-refractivity contribution < 1.29 is 14.3 Å². The number of carbonyl (C=O) groups is 1. The number of pyridine rings is 1. The fourth-order valence-corrected chi connectivity index (χ4v) is 1.83. The Kier molecular flexibility index (Phi) is 3.37. The summed E-state index contributed by atoms with van der Waals surface area (Å²) in [6.45, 7) is 1.61. The van der Waals surface area contributed by atoms with Gasteiger partial charge in [-0.05, 0) is 36.2 Å². The number of aliphatic carboxylic acids is 1. The Balaban J connectivity index is 2.49. The number of rotatable bonds is 3. The number of aromatic nitrogens is 1. The molecule has 1 aromatic carbocycles. The summed E-state index contributed by atoms with van der Waals surface area (Å²) < 4.78 is 13.2. The monoisotopic (exact) mass is 245 g/mol. The van der Waals surface area contributed by atoms with Gasteiger partial charge in [-0.3, -0.25) is 9.78 Å². The fourth-order valence-electron chi connectivity index (χ4n) is 1.83. The Hall–Kier alpha value is -2.23. The summed E-state index contributed by atoms with van der Waals surface area (Å²) >= 11 is 0. The molecule has 1 heterocycles. The summed E-state index contributed by atoms with van der Waals surface area (Å²) in [6.07, 6.45) is 1.54. The van der Waals surface area contributed by atoms with Crippen molar-refractivity contribution in [3.05, 3.63) is 65.2 Å². The van der Waals surface area contributed by atoms with E-state index in [0.29, 0.717) is 16.8 Å². The topological polar surface area (TPSA) is 50.2 Å².